The van der Waals surface area contributed by atoms with Gasteiger partial charge in [-0.05, 0) is 36.2 Å². The van der Waals surface area contributed by atoms with Crippen molar-refractivity contribution in [1.29, 1.82) is 5.26 Å². The predicted octanol–water partition coefficient (Wildman–Crippen LogP) is 3.45. The zero-order chi connectivity index (χ0) is 12.1. The topological polar surface area (TPSA) is 33.0 Å². The Balaban J connectivity index is 2.03. The molecular formula is C15H13NO. The second-order valence-electron chi connectivity index (χ2n) is 3.86. The summed E-state index contributed by atoms with van der Waals surface area (Å²) in [4.78, 5) is 0. The van der Waals surface area contributed by atoms with Crippen molar-refractivity contribution in [3.05, 3.63) is 65.2 Å². The highest BCUT2D eigenvalue weighted by atomic mass is 16.5. The van der Waals surface area contributed by atoms with Crippen LogP contribution in [0, 0.1) is 18.3 Å². The minimum absolute atomic E-state index is 0.524. The molecule has 0 heterocycles. The summed E-state index contributed by atoms with van der Waals surface area (Å²) in [5, 5.41) is 8.69. The van der Waals surface area contributed by atoms with Crippen LogP contribution in [0.2, 0.25) is 0 Å². The second kappa shape index (κ2) is 5.18. The summed E-state index contributed by atoms with van der Waals surface area (Å²) >= 11 is 0. The van der Waals surface area contributed by atoms with Crippen molar-refractivity contribution in [1.82, 2.24) is 0 Å². The van der Waals surface area contributed by atoms with E-state index in [4.69, 9.17) is 10.00 Å². The van der Waals surface area contributed by atoms with E-state index in [0.29, 0.717) is 12.2 Å². The van der Waals surface area contributed by atoms with Crippen molar-refractivity contribution in [2.45, 2.75) is 13.5 Å². The molecule has 2 aromatic rings. The Morgan fingerprint density at radius 3 is 2.41 bits per heavy atom. The average Bonchev–Trinajstić information content (AvgIpc) is 2.38. The van der Waals surface area contributed by atoms with Crippen molar-refractivity contribution in [3.8, 4) is 11.8 Å². The number of nitriles is 1. The van der Waals surface area contributed by atoms with Gasteiger partial charge in [0.15, 0.2) is 0 Å². The van der Waals surface area contributed by atoms with E-state index >= 15 is 0 Å². The van der Waals surface area contributed by atoms with Crippen molar-refractivity contribution < 1.29 is 4.74 Å². The molecule has 84 valence electrons. The summed E-state index contributed by atoms with van der Waals surface area (Å²) in [5.74, 6) is 0.900. The van der Waals surface area contributed by atoms with Gasteiger partial charge in [-0.2, -0.15) is 5.26 Å². The molecule has 2 rings (SSSR count). The van der Waals surface area contributed by atoms with Crippen molar-refractivity contribution in [2.75, 3.05) is 0 Å². The van der Waals surface area contributed by atoms with Crippen LogP contribution in [0.4, 0.5) is 0 Å². The molecule has 2 aromatic carbocycles. The Morgan fingerprint density at radius 1 is 1.06 bits per heavy atom. The monoisotopic (exact) mass is 223 g/mol. The molecule has 0 aliphatic heterocycles. The Bertz CT molecular complexity index is 538. The molecule has 0 bridgehead atoms. The van der Waals surface area contributed by atoms with E-state index in [-0.39, 0.29) is 0 Å². The molecule has 2 nitrogen and oxygen atoms in total. The van der Waals surface area contributed by atoms with Crippen LogP contribution >= 0.6 is 0 Å². The number of ether oxygens (including phenoxy) is 1. The van der Waals surface area contributed by atoms with Gasteiger partial charge >= 0.3 is 0 Å². The molecule has 0 saturated heterocycles. The lowest BCUT2D eigenvalue weighted by molar-refractivity contribution is 0.304. The first kappa shape index (κ1) is 11.2. The van der Waals surface area contributed by atoms with Crippen LogP contribution in [0.3, 0.4) is 0 Å². The van der Waals surface area contributed by atoms with Crippen LogP contribution in [0.25, 0.3) is 0 Å². The Labute approximate surface area is 101 Å². The first-order valence-corrected chi connectivity index (χ1v) is 5.47. The van der Waals surface area contributed by atoms with Crippen LogP contribution in [-0.4, -0.2) is 0 Å². The lowest BCUT2D eigenvalue weighted by atomic mass is 10.1. The summed E-state index contributed by atoms with van der Waals surface area (Å²) < 4.78 is 5.71. The molecule has 0 amide bonds. The quantitative estimate of drug-likeness (QED) is 0.798. The average molecular weight is 223 g/mol. The maximum absolute atomic E-state index is 8.69. The van der Waals surface area contributed by atoms with Crippen molar-refractivity contribution >= 4 is 0 Å². The number of nitrogens with zero attached hydrogens (tertiary/aromatic N) is 1. The third kappa shape index (κ3) is 2.85. The predicted molar refractivity (Wildman–Crippen MR) is 66.7 cm³/mol. The molecular weight excluding hydrogens is 210 g/mol. The smallest absolute Gasteiger partial charge is 0.122 e. The first-order valence-electron chi connectivity index (χ1n) is 5.47. The molecule has 17 heavy (non-hydrogen) atoms. The number of benzene rings is 2. The Hall–Kier alpha value is -2.27. The van der Waals surface area contributed by atoms with Crippen LogP contribution in [0.1, 0.15) is 16.7 Å². The van der Waals surface area contributed by atoms with Gasteiger partial charge in [0.1, 0.15) is 12.4 Å². The third-order valence-corrected chi connectivity index (χ3v) is 2.57. The van der Waals surface area contributed by atoms with Gasteiger partial charge in [-0.25, -0.2) is 0 Å². The second-order valence-corrected chi connectivity index (χ2v) is 3.86. The minimum Gasteiger partial charge on any atom is -0.489 e. The van der Waals surface area contributed by atoms with Crippen LogP contribution < -0.4 is 4.74 Å². The molecule has 0 radical (unpaired) electrons. The van der Waals surface area contributed by atoms with Gasteiger partial charge in [-0.1, -0.05) is 30.3 Å². The van der Waals surface area contributed by atoms with E-state index in [1.807, 2.05) is 43.3 Å². The van der Waals surface area contributed by atoms with E-state index in [1.54, 1.807) is 12.1 Å². The summed E-state index contributed by atoms with van der Waals surface area (Å²) in [7, 11) is 0. The number of rotatable bonds is 3. The van der Waals surface area contributed by atoms with Gasteiger partial charge in [0.25, 0.3) is 0 Å². The number of para-hydroxylation sites is 1. The van der Waals surface area contributed by atoms with Gasteiger partial charge in [0.2, 0.25) is 0 Å². The summed E-state index contributed by atoms with van der Waals surface area (Å²) in [6.07, 6.45) is 0. The number of hydrogen-bond acceptors (Lipinski definition) is 2. The highest BCUT2D eigenvalue weighted by Crippen LogP contribution is 2.17. The molecule has 0 fully saturated rings. The Morgan fingerprint density at radius 2 is 1.76 bits per heavy atom. The Kier molecular flexibility index (Phi) is 3.42. The molecule has 0 N–H and O–H groups in total. The zero-order valence-corrected chi connectivity index (χ0v) is 9.68. The lowest BCUT2D eigenvalue weighted by Crippen LogP contribution is -1.96. The van der Waals surface area contributed by atoms with Gasteiger partial charge in [-0.3, -0.25) is 0 Å². The van der Waals surface area contributed by atoms with Gasteiger partial charge in [0, 0.05) is 0 Å². The molecule has 0 aliphatic rings. The molecule has 0 unspecified atom stereocenters. The summed E-state index contributed by atoms with van der Waals surface area (Å²) in [6.45, 7) is 2.55. The van der Waals surface area contributed by atoms with Crippen LogP contribution in [-0.2, 0) is 6.61 Å². The summed E-state index contributed by atoms with van der Waals surface area (Å²) in [5.41, 5.74) is 2.86. The maximum atomic E-state index is 8.69. The molecule has 0 aromatic heterocycles. The minimum atomic E-state index is 0.524. The van der Waals surface area contributed by atoms with Crippen LogP contribution in [0.15, 0.2) is 48.5 Å². The number of hydrogen-bond donors (Lipinski definition) is 0. The molecule has 0 spiro atoms. The highest BCUT2D eigenvalue weighted by Gasteiger charge is 1.99. The third-order valence-electron chi connectivity index (χ3n) is 2.57. The zero-order valence-electron chi connectivity index (χ0n) is 9.68. The number of aryl methyl sites for hydroxylation is 1. The van der Waals surface area contributed by atoms with E-state index in [9.17, 15) is 0 Å². The lowest BCUT2D eigenvalue weighted by Gasteiger charge is -2.08. The van der Waals surface area contributed by atoms with Gasteiger partial charge < -0.3 is 4.74 Å². The fourth-order valence-electron chi connectivity index (χ4n) is 1.55. The van der Waals surface area contributed by atoms with Gasteiger partial charge in [-0.15, -0.1) is 0 Å². The SMILES string of the molecule is Cc1ccccc1OCc1ccc(C#N)cc1. The van der Waals surface area contributed by atoms with E-state index in [0.717, 1.165) is 16.9 Å². The van der Waals surface area contributed by atoms with Gasteiger partial charge in [0.05, 0.1) is 11.6 Å². The molecule has 0 aliphatic carbocycles. The van der Waals surface area contributed by atoms with Crippen molar-refractivity contribution in [2.24, 2.45) is 0 Å². The molecule has 2 heteroatoms. The van der Waals surface area contributed by atoms with E-state index in [2.05, 4.69) is 6.07 Å². The summed E-state index contributed by atoms with van der Waals surface area (Å²) in [6, 6.07) is 17.5. The van der Waals surface area contributed by atoms with Crippen molar-refractivity contribution in [3.63, 3.8) is 0 Å². The normalized spacial score (nSPS) is 9.65. The molecule has 0 atom stereocenters. The maximum Gasteiger partial charge on any atom is 0.122 e. The fourth-order valence-corrected chi connectivity index (χ4v) is 1.55. The standard InChI is InChI=1S/C15H13NO/c1-12-4-2-3-5-15(12)17-11-14-8-6-13(10-16)7-9-14/h2-9H,11H2,1H3. The first-order chi connectivity index (χ1) is 8.29. The highest BCUT2D eigenvalue weighted by molar-refractivity contribution is 5.33. The van der Waals surface area contributed by atoms with E-state index < -0.39 is 0 Å². The van der Waals surface area contributed by atoms with E-state index in [1.165, 1.54) is 0 Å². The fraction of sp³-hybridized carbons (Fsp3) is 0.133. The molecule has 0 saturated carbocycles. The van der Waals surface area contributed by atoms with Crippen LogP contribution in [0.5, 0.6) is 5.75 Å². The largest absolute Gasteiger partial charge is 0.489 e.